The minimum atomic E-state index is -1.48. The molecule has 0 unspecified atom stereocenters. The first-order valence-corrected chi connectivity index (χ1v) is 10.8. The molecule has 0 spiro atoms. The molecule has 1 saturated heterocycles. The molecular weight excluding hydrogens is 407 g/mol. The maximum Gasteiger partial charge on any atom is 0.252 e. The van der Waals surface area contributed by atoms with Crippen molar-refractivity contribution in [1.82, 2.24) is 15.2 Å². The number of hydrogen-bond acceptors (Lipinski definition) is 6. The fraction of sp³-hybridized carbons (Fsp3) is 0.429. The molecule has 1 aromatic heterocycles. The minimum absolute atomic E-state index is 0.102. The number of nitrogens with zero attached hydrogens (tertiary/aromatic N) is 3. The summed E-state index contributed by atoms with van der Waals surface area (Å²) in [5, 5.41) is 12.3. The van der Waals surface area contributed by atoms with Crippen LogP contribution < -0.4 is 5.32 Å². The Kier molecular flexibility index (Phi) is 5.62. The number of rotatable bonds is 5. The predicted octanol–water partition coefficient (Wildman–Crippen LogP) is 2.36. The number of alkyl halides is 1. The second kappa shape index (κ2) is 8.20. The molecular formula is C21H21FN4O3S. The van der Waals surface area contributed by atoms with Gasteiger partial charge >= 0.3 is 0 Å². The Morgan fingerprint density at radius 1 is 1.43 bits per heavy atom. The number of methoxy groups -OCH3 is 1. The Labute approximate surface area is 177 Å². The quantitative estimate of drug-likeness (QED) is 0.786. The normalized spacial score (nSPS) is 25.6. The molecule has 30 heavy (non-hydrogen) atoms. The predicted molar refractivity (Wildman–Crippen MR) is 110 cm³/mol. The highest BCUT2D eigenvalue weighted by Gasteiger charge is 2.46. The molecule has 1 N–H and O–H groups in total. The lowest BCUT2D eigenvalue weighted by Crippen LogP contribution is -2.42. The highest BCUT2D eigenvalue weighted by Crippen LogP contribution is 2.47. The fourth-order valence-corrected chi connectivity index (χ4v) is 4.94. The molecule has 1 saturated carbocycles. The van der Waals surface area contributed by atoms with E-state index in [0.717, 1.165) is 0 Å². The number of benzene rings is 1. The van der Waals surface area contributed by atoms with Crippen LogP contribution in [0.5, 0.6) is 0 Å². The van der Waals surface area contributed by atoms with Crippen LogP contribution in [0.3, 0.4) is 0 Å². The second-order valence-corrected chi connectivity index (χ2v) is 8.51. The van der Waals surface area contributed by atoms with Gasteiger partial charge in [-0.1, -0.05) is 6.07 Å². The summed E-state index contributed by atoms with van der Waals surface area (Å²) in [4.78, 5) is 30.9. The van der Waals surface area contributed by atoms with Crippen LogP contribution in [0.4, 0.5) is 4.39 Å². The fourth-order valence-electron chi connectivity index (χ4n) is 3.84. The molecule has 156 valence electrons. The molecule has 2 amide bonds. The van der Waals surface area contributed by atoms with Crippen molar-refractivity contribution in [2.24, 2.45) is 0 Å². The van der Waals surface area contributed by atoms with Crippen LogP contribution in [0.1, 0.15) is 28.8 Å². The van der Waals surface area contributed by atoms with E-state index in [1.165, 1.54) is 22.9 Å². The Hall–Kier alpha value is -2.70. The van der Waals surface area contributed by atoms with Crippen LogP contribution in [0, 0.1) is 11.3 Å². The van der Waals surface area contributed by atoms with Crippen molar-refractivity contribution in [3.8, 4) is 6.07 Å². The van der Waals surface area contributed by atoms with Crippen molar-refractivity contribution in [3.05, 3.63) is 41.6 Å². The Bertz CT molecular complexity index is 1030. The highest BCUT2D eigenvalue weighted by atomic mass is 32.2. The molecule has 0 radical (unpaired) electrons. The number of pyridine rings is 1. The van der Waals surface area contributed by atoms with Crippen LogP contribution >= 0.6 is 11.8 Å². The van der Waals surface area contributed by atoms with Gasteiger partial charge in [0.15, 0.2) is 0 Å². The lowest BCUT2D eigenvalue weighted by Gasteiger charge is -2.40. The van der Waals surface area contributed by atoms with Gasteiger partial charge in [-0.15, -0.1) is 11.8 Å². The third kappa shape index (κ3) is 3.73. The monoisotopic (exact) mass is 428 g/mol. The number of ether oxygens (including phenoxy) is 1. The molecule has 2 fully saturated rings. The summed E-state index contributed by atoms with van der Waals surface area (Å²) >= 11 is 1.51. The number of halogens is 1. The van der Waals surface area contributed by atoms with Gasteiger partial charge in [0, 0.05) is 37.3 Å². The van der Waals surface area contributed by atoms with Gasteiger partial charge in [0.2, 0.25) is 5.91 Å². The van der Waals surface area contributed by atoms with E-state index in [1.54, 1.807) is 31.4 Å². The van der Waals surface area contributed by atoms with Gasteiger partial charge in [-0.2, -0.15) is 5.26 Å². The number of carbonyl (C=O) groups excluding carboxylic acids is 2. The van der Waals surface area contributed by atoms with E-state index >= 15 is 4.39 Å². The van der Waals surface area contributed by atoms with Gasteiger partial charge in [-0.05, 0) is 23.8 Å². The van der Waals surface area contributed by atoms with Crippen molar-refractivity contribution < 1.29 is 18.7 Å². The van der Waals surface area contributed by atoms with E-state index in [2.05, 4.69) is 16.4 Å². The summed E-state index contributed by atoms with van der Waals surface area (Å²) in [5.74, 6) is 0.268. The molecule has 2 heterocycles. The van der Waals surface area contributed by atoms with Crippen molar-refractivity contribution in [2.75, 3.05) is 25.3 Å². The maximum absolute atomic E-state index is 15.2. The van der Waals surface area contributed by atoms with Crippen LogP contribution in [-0.2, 0) is 15.2 Å². The van der Waals surface area contributed by atoms with Gasteiger partial charge in [0.25, 0.3) is 5.91 Å². The number of carbonyl (C=O) groups is 2. The van der Waals surface area contributed by atoms with Gasteiger partial charge in [0.05, 0.1) is 35.7 Å². The Morgan fingerprint density at radius 3 is 2.97 bits per heavy atom. The van der Waals surface area contributed by atoms with E-state index in [4.69, 9.17) is 10.00 Å². The molecule has 2 aliphatic rings. The summed E-state index contributed by atoms with van der Waals surface area (Å²) in [7, 11) is 1.57. The molecule has 1 aliphatic heterocycles. The molecule has 2 aromatic rings. The van der Waals surface area contributed by atoms with Gasteiger partial charge in [-0.3, -0.25) is 14.6 Å². The van der Waals surface area contributed by atoms with Gasteiger partial charge in [-0.25, -0.2) is 4.39 Å². The number of fused-ring (bicyclic) bond motifs is 1. The Morgan fingerprint density at radius 2 is 2.23 bits per heavy atom. The van der Waals surface area contributed by atoms with E-state index in [9.17, 15) is 9.59 Å². The largest absolute Gasteiger partial charge is 0.381 e. The molecule has 0 bridgehead atoms. The van der Waals surface area contributed by atoms with Crippen molar-refractivity contribution in [2.45, 2.75) is 30.7 Å². The average molecular weight is 428 g/mol. The summed E-state index contributed by atoms with van der Waals surface area (Å²) in [6.45, 7) is -0.205. The number of thioether (sulfide) groups is 1. The van der Waals surface area contributed by atoms with Gasteiger partial charge in [0.1, 0.15) is 11.7 Å². The van der Waals surface area contributed by atoms with Crippen molar-refractivity contribution >= 4 is 34.5 Å². The number of aromatic nitrogens is 1. The number of nitrogens with one attached hydrogen (secondary N) is 1. The zero-order valence-corrected chi connectivity index (χ0v) is 17.2. The number of nitriles is 1. The molecule has 7 nitrogen and oxygen atoms in total. The van der Waals surface area contributed by atoms with Crippen molar-refractivity contribution in [1.29, 1.82) is 5.26 Å². The first-order chi connectivity index (χ1) is 14.4. The van der Waals surface area contributed by atoms with Crippen LogP contribution in [0.2, 0.25) is 0 Å². The molecule has 1 atom stereocenters. The first kappa shape index (κ1) is 20.6. The summed E-state index contributed by atoms with van der Waals surface area (Å²) in [6.07, 6.45) is 1.96. The standard InChI is InChI=1S/C21H21FN4O3S/c1-29-15-7-21(22,8-15)13-2-3-18-17(6-13)16(4-5-24-18)20(28)25-10-19(27)26-12-30-11-14(26)9-23/h2-6,14-15H,7-8,10-12H2,1H3,(H,25,28)/t14-,15?,21?/m1/s1. The third-order valence-corrected chi connectivity index (χ3v) is 6.70. The average Bonchev–Trinajstić information content (AvgIpc) is 3.23. The zero-order chi connectivity index (χ0) is 21.3. The van der Waals surface area contributed by atoms with Crippen LogP contribution in [0.25, 0.3) is 10.9 Å². The summed E-state index contributed by atoms with van der Waals surface area (Å²) < 4.78 is 20.3. The lowest BCUT2D eigenvalue weighted by molar-refractivity contribution is -0.129. The SMILES string of the molecule is COC1CC(F)(c2ccc3nccc(C(=O)NCC(=O)N4CSC[C@H]4C#N)c3c2)C1. The number of amides is 2. The molecule has 1 aromatic carbocycles. The van der Waals surface area contributed by atoms with E-state index in [1.807, 2.05) is 0 Å². The van der Waals surface area contributed by atoms with Crippen molar-refractivity contribution in [3.63, 3.8) is 0 Å². The third-order valence-electron chi connectivity index (χ3n) is 5.69. The van der Waals surface area contributed by atoms with Crippen LogP contribution in [0.15, 0.2) is 30.5 Å². The smallest absolute Gasteiger partial charge is 0.252 e. The topological polar surface area (TPSA) is 95.3 Å². The van der Waals surface area contributed by atoms with Crippen LogP contribution in [-0.4, -0.2) is 59.1 Å². The zero-order valence-electron chi connectivity index (χ0n) is 16.4. The molecule has 9 heteroatoms. The van der Waals surface area contributed by atoms with E-state index in [0.29, 0.717) is 33.7 Å². The molecule has 4 rings (SSSR count). The van der Waals surface area contributed by atoms with E-state index < -0.39 is 17.6 Å². The maximum atomic E-state index is 15.2. The minimum Gasteiger partial charge on any atom is -0.381 e. The van der Waals surface area contributed by atoms with E-state index in [-0.39, 0.29) is 31.4 Å². The first-order valence-electron chi connectivity index (χ1n) is 9.61. The summed E-state index contributed by atoms with van der Waals surface area (Å²) in [5.41, 5.74) is -0.0842. The number of hydrogen-bond donors (Lipinski definition) is 1. The lowest BCUT2D eigenvalue weighted by atomic mass is 9.74. The molecule has 1 aliphatic carbocycles. The van der Waals surface area contributed by atoms with Gasteiger partial charge < -0.3 is 15.0 Å². The summed E-state index contributed by atoms with van der Waals surface area (Å²) in [6, 6.07) is 8.24. The highest BCUT2D eigenvalue weighted by molar-refractivity contribution is 7.99. The second-order valence-electron chi connectivity index (χ2n) is 7.51. The Balaban J connectivity index is 1.52.